The van der Waals surface area contributed by atoms with Gasteiger partial charge in [-0.15, -0.1) is 0 Å². The summed E-state index contributed by atoms with van der Waals surface area (Å²) < 4.78 is 10.2. The van der Waals surface area contributed by atoms with E-state index in [1.54, 1.807) is 38.1 Å². The molecule has 186 valence electrons. The number of methoxy groups -OCH3 is 1. The van der Waals surface area contributed by atoms with Crippen LogP contribution in [0, 0.1) is 13.8 Å². The van der Waals surface area contributed by atoms with E-state index in [-0.39, 0.29) is 16.8 Å². The van der Waals surface area contributed by atoms with Crippen LogP contribution in [0.25, 0.3) is 5.76 Å². The Kier molecular flexibility index (Phi) is 7.30. The summed E-state index contributed by atoms with van der Waals surface area (Å²) in [6, 6.07) is 5.95. The maximum Gasteiger partial charge on any atom is 0.354 e. The Labute approximate surface area is 208 Å². The molecule has 0 aliphatic carbocycles. The average molecular weight is 502 g/mol. The zero-order valence-electron chi connectivity index (χ0n) is 19.9. The molecule has 35 heavy (non-hydrogen) atoms. The number of H-pyrrole nitrogens is 1. The van der Waals surface area contributed by atoms with Gasteiger partial charge in [-0.3, -0.25) is 9.59 Å². The van der Waals surface area contributed by atoms with Crippen molar-refractivity contribution in [1.29, 1.82) is 0 Å². The first-order chi connectivity index (χ1) is 16.7. The van der Waals surface area contributed by atoms with Gasteiger partial charge in [-0.2, -0.15) is 0 Å². The molecule has 1 aromatic carbocycles. The summed E-state index contributed by atoms with van der Waals surface area (Å²) in [6.07, 6.45) is 0. The van der Waals surface area contributed by atoms with Crippen molar-refractivity contribution in [2.75, 3.05) is 46.5 Å². The molecule has 2 aliphatic heterocycles. The number of Topliss-reactive ketones (excluding diaryl/α,β-unsaturated/α-hetero) is 1. The number of hydrogen-bond donors (Lipinski definition) is 2. The molecule has 1 aromatic heterocycles. The third-order valence-electron chi connectivity index (χ3n) is 6.65. The Morgan fingerprint density at radius 3 is 2.66 bits per heavy atom. The molecule has 1 atom stereocenters. The lowest BCUT2D eigenvalue weighted by Crippen LogP contribution is -3.14. The van der Waals surface area contributed by atoms with Gasteiger partial charge in [0.2, 0.25) is 5.78 Å². The number of benzene rings is 1. The van der Waals surface area contributed by atoms with Crippen LogP contribution in [-0.2, 0) is 19.1 Å². The molecule has 9 nitrogen and oxygen atoms in total. The van der Waals surface area contributed by atoms with Gasteiger partial charge in [-0.05, 0) is 42.7 Å². The van der Waals surface area contributed by atoms with Crippen LogP contribution in [0.15, 0.2) is 29.8 Å². The lowest BCUT2D eigenvalue weighted by atomic mass is 9.94. The van der Waals surface area contributed by atoms with Crippen LogP contribution in [0.3, 0.4) is 0 Å². The highest BCUT2D eigenvalue weighted by molar-refractivity contribution is 6.46. The standard InChI is InChI=1S/C25H28ClN3O6/c1-14-18(15(2)27-20(14)25(33)34-3)22(30)19-21(16-5-4-6-17(26)13-16)29(24(32)23(19)31)8-7-28-9-11-35-12-10-28/h4-6,13,21,27,30H,7-12H2,1-3H3. The van der Waals surface area contributed by atoms with E-state index >= 15 is 0 Å². The number of nitrogens with one attached hydrogen (secondary N) is 2. The van der Waals surface area contributed by atoms with Gasteiger partial charge >= 0.3 is 5.97 Å². The summed E-state index contributed by atoms with van der Waals surface area (Å²) in [5, 5.41) is 14.3. The van der Waals surface area contributed by atoms with E-state index in [0.717, 1.165) is 13.1 Å². The molecule has 4 rings (SSSR count). The van der Waals surface area contributed by atoms with Crippen molar-refractivity contribution in [3.8, 4) is 0 Å². The largest absolute Gasteiger partial charge is 0.872 e. The summed E-state index contributed by atoms with van der Waals surface area (Å²) in [5.41, 5.74) is 1.55. The fourth-order valence-electron chi connectivity index (χ4n) is 4.84. The second-order valence-corrected chi connectivity index (χ2v) is 9.19. The molecule has 1 amide bonds. The number of aromatic amines is 1. The van der Waals surface area contributed by atoms with Crippen molar-refractivity contribution >= 4 is 35.0 Å². The van der Waals surface area contributed by atoms with Crippen LogP contribution in [0.1, 0.15) is 38.9 Å². The van der Waals surface area contributed by atoms with Crippen LogP contribution in [0.5, 0.6) is 0 Å². The van der Waals surface area contributed by atoms with Crippen molar-refractivity contribution in [1.82, 2.24) is 9.88 Å². The maximum atomic E-state index is 13.8. The Hall–Kier alpha value is -3.14. The first-order valence-electron chi connectivity index (χ1n) is 11.5. The van der Waals surface area contributed by atoms with Gasteiger partial charge < -0.3 is 29.4 Å². The number of hydrogen-bond acceptors (Lipinski definition) is 6. The second-order valence-electron chi connectivity index (χ2n) is 8.76. The number of likely N-dealkylation sites (tertiary alicyclic amines) is 1. The van der Waals surface area contributed by atoms with Crippen molar-refractivity contribution in [2.24, 2.45) is 0 Å². The molecule has 1 unspecified atom stereocenters. The SMILES string of the molecule is COC(=O)c1[nH]c(C)c(C([O-])=C2C(=O)C(=O)N(CC[NH+]3CCOCC3)C2c2cccc(Cl)c2)c1C. The molecule has 3 heterocycles. The predicted molar refractivity (Wildman–Crippen MR) is 126 cm³/mol. The summed E-state index contributed by atoms with van der Waals surface area (Å²) in [6.45, 7) is 7.08. The first-order valence-corrected chi connectivity index (χ1v) is 11.8. The van der Waals surface area contributed by atoms with Crippen molar-refractivity contribution < 1.29 is 33.9 Å². The number of quaternary nitrogens is 1. The highest BCUT2D eigenvalue weighted by Gasteiger charge is 2.45. The van der Waals surface area contributed by atoms with E-state index in [0.29, 0.717) is 48.1 Å². The van der Waals surface area contributed by atoms with Gasteiger partial charge in [0.05, 0.1) is 39.5 Å². The number of carbonyl (C=O) groups excluding carboxylic acids is 3. The molecule has 2 aliphatic rings. The number of nitrogens with zero attached hydrogens (tertiary/aromatic N) is 1. The van der Waals surface area contributed by atoms with Crippen molar-refractivity contribution in [3.05, 3.63) is 62.9 Å². The minimum atomic E-state index is -0.878. The number of aryl methyl sites for hydroxylation is 1. The van der Waals surface area contributed by atoms with Crippen molar-refractivity contribution in [2.45, 2.75) is 19.9 Å². The Morgan fingerprint density at radius 1 is 1.29 bits per heavy atom. The fourth-order valence-corrected chi connectivity index (χ4v) is 5.04. The van der Waals surface area contributed by atoms with E-state index in [4.69, 9.17) is 21.1 Å². The number of carbonyl (C=O) groups is 3. The Bertz CT molecular complexity index is 1200. The molecule has 2 fully saturated rings. The zero-order valence-corrected chi connectivity index (χ0v) is 20.7. The van der Waals surface area contributed by atoms with Gasteiger partial charge in [0.25, 0.3) is 5.91 Å². The molecule has 0 spiro atoms. The number of rotatable bonds is 6. The number of amides is 1. The number of halogens is 1. The van der Waals surface area contributed by atoms with Gasteiger partial charge in [-0.25, -0.2) is 4.79 Å². The minimum absolute atomic E-state index is 0.137. The normalized spacial score (nSPS) is 20.5. The van der Waals surface area contributed by atoms with Crippen LogP contribution in [0.4, 0.5) is 0 Å². The van der Waals surface area contributed by atoms with Crippen LogP contribution in [0.2, 0.25) is 5.02 Å². The zero-order chi connectivity index (χ0) is 25.3. The molecule has 0 radical (unpaired) electrons. The summed E-state index contributed by atoms with van der Waals surface area (Å²) >= 11 is 6.23. The molecule has 2 saturated heterocycles. The third-order valence-corrected chi connectivity index (χ3v) is 6.89. The Morgan fingerprint density at radius 2 is 2.00 bits per heavy atom. The van der Waals surface area contributed by atoms with E-state index in [1.165, 1.54) is 16.9 Å². The molecular weight excluding hydrogens is 474 g/mol. The highest BCUT2D eigenvalue weighted by Crippen LogP contribution is 2.40. The highest BCUT2D eigenvalue weighted by atomic mass is 35.5. The van der Waals surface area contributed by atoms with Crippen molar-refractivity contribution in [3.63, 3.8) is 0 Å². The Balaban J connectivity index is 1.80. The lowest BCUT2D eigenvalue weighted by Gasteiger charge is -2.30. The van der Waals surface area contributed by atoms with E-state index in [1.807, 2.05) is 0 Å². The summed E-state index contributed by atoms with van der Waals surface area (Å²) in [4.78, 5) is 44.2. The lowest BCUT2D eigenvalue weighted by molar-refractivity contribution is -0.907. The number of aromatic nitrogens is 1. The number of morpholine rings is 1. The molecule has 2 aromatic rings. The molecular formula is C25H28ClN3O6. The van der Waals surface area contributed by atoms with Crippen LogP contribution in [-0.4, -0.2) is 74.0 Å². The maximum absolute atomic E-state index is 13.8. The second kappa shape index (κ2) is 10.2. The van der Waals surface area contributed by atoms with Gasteiger partial charge in [0.1, 0.15) is 18.8 Å². The topological polar surface area (TPSA) is 116 Å². The molecule has 2 N–H and O–H groups in total. The molecule has 0 bridgehead atoms. The predicted octanol–water partition coefficient (Wildman–Crippen LogP) is 0.211. The van der Waals surface area contributed by atoms with Gasteiger partial charge in [0.15, 0.2) is 0 Å². The number of ether oxygens (including phenoxy) is 2. The summed E-state index contributed by atoms with van der Waals surface area (Å²) in [5.74, 6) is -2.76. The minimum Gasteiger partial charge on any atom is -0.872 e. The van der Waals surface area contributed by atoms with E-state index in [9.17, 15) is 19.5 Å². The van der Waals surface area contributed by atoms with E-state index < -0.39 is 29.5 Å². The van der Waals surface area contributed by atoms with E-state index in [2.05, 4.69) is 4.98 Å². The molecule has 0 saturated carbocycles. The monoisotopic (exact) mass is 501 g/mol. The fraction of sp³-hybridized carbons (Fsp3) is 0.400. The molecule has 10 heteroatoms. The third kappa shape index (κ3) is 4.71. The number of esters is 1. The average Bonchev–Trinajstić information content (AvgIpc) is 3.29. The smallest absolute Gasteiger partial charge is 0.354 e. The quantitative estimate of drug-likeness (QED) is 0.253. The number of ketones is 1. The van der Waals surface area contributed by atoms with Crippen LogP contribution < -0.4 is 10.0 Å². The van der Waals surface area contributed by atoms with Crippen LogP contribution >= 0.6 is 11.6 Å². The van der Waals surface area contributed by atoms with Gasteiger partial charge in [-0.1, -0.05) is 29.5 Å². The van der Waals surface area contributed by atoms with Gasteiger partial charge in [0, 0.05) is 16.3 Å². The first kappa shape index (κ1) is 25.0. The summed E-state index contributed by atoms with van der Waals surface area (Å²) in [7, 11) is 1.25.